The predicted molar refractivity (Wildman–Crippen MR) is 132 cm³/mol. The molecule has 0 saturated heterocycles. The molecule has 0 radical (unpaired) electrons. The van der Waals surface area contributed by atoms with Crippen molar-refractivity contribution in [3.63, 3.8) is 0 Å². The van der Waals surface area contributed by atoms with Gasteiger partial charge in [-0.2, -0.15) is 0 Å². The van der Waals surface area contributed by atoms with E-state index >= 15 is 0 Å². The van der Waals surface area contributed by atoms with Crippen LogP contribution in [0.5, 0.6) is 11.5 Å². The number of nitrogens with one attached hydrogen (secondary N) is 1. The van der Waals surface area contributed by atoms with E-state index < -0.39 is 0 Å². The van der Waals surface area contributed by atoms with Crippen LogP contribution in [0.2, 0.25) is 0 Å². The molecule has 0 amide bonds. The van der Waals surface area contributed by atoms with Crippen molar-refractivity contribution in [2.75, 3.05) is 25.0 Å². The van der Waals surface area contributed by atoms with Crippen molar-refractivity contribution in [3.8, 4) is 11.5 Å². The summed E-state index contributed by atoms with van der Waals surface area (Å²) in [4.78, 5) is 12.9. The molecule has 4 N–H and O–H groups in total. The summed E-state index contributed by atoms with van der Waals surface area (Å²) in [5, 5.41) is 5.48. The number of hydrogen-bond donors (Lipinski definition) is 2. The molecule has 0 spiro atoms. The second-order valence-electron chi connectivity index (χ2n) is 8.13. The molecule has 3 aromatic carbocycles. The number of anilines is 1. The Kier molecular flexibility index (Phi) is 8.02. The number of fused-ring (bicyclic) bond motifs is 2. The van der Waals surface area contributed by atoms with E-state index in [1.807, 2.05) is 31.2 Å². The van der Waals surface area contributed by atoms with Gasteiger partial charge in [-0.1, -0.05) is 18.2 Å². The number of ether oxygens (including phenoxy) is 2. The Balaban J connectivity index is 0.00000324. The highest BCUT2D eigenvalue weighted by Gasteiger charge is 2.25. The fourth-order valence-electron chi connectivity index (χ4n) is 4.35. The maximum absolute atomic E-state index is 12.9. The van der Waals surface area contributed by atoms with Gasteiger partial charge in [-0.15, -0.1) is 0 Å². The van der Waals surface area contributed by atoms with Gasteiger partial charge < -0.3 is 32.9 Å². The van der Waals surface area contributed by atoms with E-state index in [0.29, 0.717) is 18.7 Å². The minimum absolute atomic E-state index is 0. The molecule has 0 aliphatic carbocycles. The van der Waals surface area contributed by atoms with E-state index in [2.05, 4.69) is 62.2 Å². The van der Waals surface area contributed by atoms with Crippen molar-refractivity contribution in [2.45, 2.75) is 27.7 Å². The van der Waals surface area contributed by atoms with Gasteiger partial charge in [-0.05, 0) is 79.9 Å². The summed E-state index contributed by atoms with van der Waals surface area (Å²) in [6.07, 6.45) is 2.10. The number of halogens is 1. The molecule has 178 valence electrons. The number of carbonyl (C=O) groups is 1. The molecule has 1 aliphatic rings. The Bertz CT molecular complexity index is 1350. The molecule has 0 fully saturated rings. The van der Waals surface area contributed by atoms with Gasteiger partial charge in [0.25, 0.3) is 0 Å². The lowest BCUT2D eigenvalue weighted by Gasteiger charge is -2.24. The highest BCUT2D eigenvalue weighted by Crippen LogP contribution is 2.40. The second kappa shape index (κ2) is 10.8. The van der Waals surface area contributed by atoms with Gasteiger partial charge in [-0.3, -0.25) is 0 Å². The number of benzene rings is 3. The molecule has 0 saturated carbocycles. The first-order valence-corrected chi connectivity index (χ1v) is 11.5. The van der Waals surface area contributed by atoms with Gasteiger partial charge in [0, 0.05) is 34.7 Å². The minimum Gasteiger partial charge on any atom is -1.00 e. The van der Waals surface area contributed by atoms with Crippen LogP contribution in [0.4, 0.5) is 5.69 Å². The maximum atomic E-state index is 12.9. The SMILES string of the molecule is CCNc1cc2c(cc1C)C(c1ccccc1C(=O)OCC)=c1cc(C)c(=CC[NH3+])cc1O2.[Cl-]. The normalized spacial score (nSPS) is 12.3. The third-order valence-corrected chi connectivity index (χ3v) is 5.88. The first-order valence-electron chi connectivity index (χ1n) is 11.5. The zero-order chi connectivity index (χ0) is 23.5. The molecule has 0 bridgehead atoms. The lowest BCUT2D eigenvalue weighted by Crippen LogP contribution is -3.00. The number of carbonyl (C=O) groups excluding carboxylic acids is 1. The molecule has 0 unspecified atom stereocenters. The van der Waals surface area contributed by atoms with Crippen molar-refractivity contribution in [2.24, 2.45) is 0 Å². The molecule has 6 heteroatoms. The molecular formula is C28H31ClN2O3. The third kappa shape index (κ3) is 4.67. The number of hydrogen-bond acceptors (Lipinski definition) is 4. The fraction of sp³-hybridized carbons (Fsp3) is 0.250. The van der Waals surface area contributed by atoms with Crippen LogP contribution in [-0.4, -0.2) is 25.7 Å². The predicted octanol–water partition coefficient (Wildman–Crippen LogP) is 0.291. The molecule has 5 nitrogen and oxygen atoms in total. The first-order chi connectivity index (χ1) is 16.0. The summed E-state index contributed by atoms with van der Waals surface area (Å²) < 4.78 is 11.8. The maximum Gasteiger partial charge on any atom is 0.338 e. The van der Waals surface area contributed by atoms with Gasteiger partial charge >= 0.3 is 5.97 Å². The molecule has 0 atom stereocenters. The van der Waals surface area contributed by atoms with Gasteiger partial charge in [0.15, 0.2) is 0 Å². The van der Waals surface area contributed by atoms with Crippen LogP contribution in [0.25, 0.3) is 11.6 Å². The lowest BCUT2D eigenvalue weighted by atomic mass is 9.88. The van der Waals surface area contributed by atoms with Crippen molar-refractivity contribution < 1.29 is 32.4 Å². The highest BCUT2D eigenvalue weighted by molar-refractivity contribution is 5.99. The second-order valence-corrected chi connectivity index (χ2v) is 8.13. The van der Waals surface area contributed by atoms with Crippen LogP contribution in [-0.2, 0) is 4.74 Å². The van der Waals surface area contributed by atoms with E-state index in [0.717, 1.165) is 62.0 Å². The van der Waals surface area contributed by atoms with E-state index in [1.165, 1.54) is 0 Å². The molecule has 0 aromatic heterocycles. The van der Waals surface area contributed by atoms with E-state index in [1.54, 1.807) is 0 Å². The first kappa shape index (κ1) is 25.3. The van der Waals surface area contributed by atoms with Crippen molar-refractivity contribution in [3.05, 3.63) is 86.8 Å². The zero-order valence-corrected chi connectivity index (χ0v) is 20.9. The van der Waals surface area contributed by atoms with Crippen LogP contribution in [0, 0.1) is 13.8 Å². The van der Waals surface area contributed by atoms with Gasteiger partial charge in [0.05, 0.1) is 18.7 Å². The van der Waals surface area contributed by atoms with Crippen LogP contribution in [0.3, 0.4) is 0 Å². The summed E-state index contributed by atoms with van der Waals surface area (Å²) in [5.41, 5.74) is 10.6. The molecule has 3 aromatic rings. The van der Waals surface area contributed by atoms with Gasteiger partial charge in [0.2, 0.25) is 0 Å². The minimum atomic E-state index is -0.324. The number of esters is 1. The zero-order valence-electron chi connectivity index (χ0n) is 20.1. The quantitative estimate of drug-likeness (QED) is 0.391. The average Bonchev–Trinajstić information content (AvgIpc) is 2.80. The Labute approximate surface area is 206 Å². The Hall–Kier alpha value is -3.28. The Morgan fingerprint density at radius 3 is 2.50 bits per heavy atom. The average molecular weight is 479 g/mol. The monoisotopic (exact) mass is 478 g/mol. The molecule has 4 rings (SSSR count). The molecule has 34 heavy (non-hydrogen) atoms. The van der Waals surface area contributed by atoms with Crippen LogP contribution in [0.1, 0.15) is 46.5 Å². The molecule has 1 aliphatic heterocycles. The number of rotatable bonds is 6. The molecular weight excluding hydrogens is 448 g/mol. The smallest absolute Gasteiger partial charge is 0.338 e. The Morgan fingerprint density at radius 1 is 1.03 bits per heavy atom. The van der Waals surface area contributed by atoms with Crippen molar-refractivity contribution in [1.82, 2.24) is 0 Å². The topological polar surface area (TPSA) is 75.2 Å². The van der Waals surface area contributed by atoms with E-state index in [-0.39, 0.29) is 18.4 Å². The van der Waals surface area contributed by atoms with Gasteiger partial charge in [-0.25, -0.2) is 4.79 Å². The Morgan fingerprint density at radius 2 is 1.79 bits per heavy atom. The summed E-state index contributed by atoms with van der Waals surface area (Å²) in [5.74, 6) is 1.21. The standard InChI is InChI=1S/C28H30N2O3.ClH/c1-5-30-24-16-26-23(14-18(24)4)27(20-9-7-8-10-21(20)28(31)32-6-2)22-13-17(3)19(11-12-29)15-25(22)33-26;/h7-11,13-16,30H,5-6,12,29H2,1-4H3;1H. The summed E-state index contributed by atoms with van der Waals surface area (Å²) in [6, 6.07) is 16.0. The highest BCUT2D eigenvalue weighted by atomic mass is 35.5. The fourth-order valence-corrected chi connectivity index (χ4v) is 4.35. The third-order valence-electron chi connectivity index (χ3n) is 5.88. The van der Waals surface area contributed by atoms with Crippen molar-refractivity contribution >= 4 is 23.3 Å². The summed E-state index contributed by atoms with van der Waals surface area (Å²) in [7, 11) is 0. The largest absolute Gasteiger partial charge is 1.00 e. The summed E-state index contributed by atoms with van der Waals surface area (Å²) in [6.45, 7) is 9.91. The lowest BCUT2D eigenvalue weighted by molar-refractivity contribution is -0.347. The van der Waals surface area contributed by atoms with E-state index in [9.17, 15) is 4.79 Å². The van der Waals surface area contributed by atoms with E-state index in [4.69, 9.17) is 9.47 Å². The van der Waals surface area contributed by atoms with Crippen LogP contribution >= 0.6 is 0 Å². The summed E-state index contributed by atoms with van der Waals surface area (Å²) >= 11 is 0. The van der Waals surface area contributed by atoms with Gasteiger partial charge in [0.1, 0.15) is 11.5 Å². The number of quaternary nitrogens is 1. The molecule has 1 heterocycles. The van der Waals surface area contributed by atoms with Crippen LogP contribution in [0.15, 0.2) is 48.5 Å². The number of aryl methyl sites for hydroxylation is 2. The van der Waals surface area contributed by atoms with Crippen molar-refractivity contribution in [1.29, 1.82) is 0 Å². The van der Waals surface area contributed by atoms with Crippen LogP contribution < -0.4 is 38.6 Å².